The molecule has 0 spiro atoms. The Balaban J connectivity index is 1.56. The Morgan fingerprint density at radius 3 is 2.77 bits per heavy atom. The van der Waals surface area contributed by atoms with Crippen molar-refractivity contribution < 1.29 is 9.18 Å². The van der Waals surface area contributed by atoms with E-state index in [1.807, 2.05) is 32.1 Å². The zero-order valence-electron chi connectivity index (χ0n) is 15.8. The maximum absolute atomic E-state index is 13.5. The number of halogens is 1. The number of piperidine rings is 1. The second-order valence-corrected chi connectivity index (χ2v) is 8.01. The van der Waals surface area contributed by atoms with Gasteiger partial charge in [-0.1, -0.05) is 0 Å². The first kappa shape index (κ1) is 17.3. The molecule has 5 nitrogen and oxygen atoms in total. The molecule has 140 valence electrons. The molecule has 3 aliphatic heterocycles. The average Bonchev–Trinajstić information content (AvgIpc) is 2.77. The summed E-state index contributed by atoms with van der Waals surface area (Å²) in [5.41, 5.74) is 2.26. The van der Waals surface area contributed by atoms with Gasteiger partial charge in [-0.3, -0.25) is 4.90 Å². The largest absolute Gasteiger partial charge is 0.346 e. The maximum Gasteiger partial charge on any atom is 0.319 e. The van der Waals surface area contributed by atoms with Crippen LogP contribution in [0, 0.1) is 11.7 Å². The highest BCUT2D eigenvalue weighted by Gasteiger charge is 2.37. The molecule has 0 aliphatic carbocycles. The lowest BCUT2D eigenvalue weighted by molar-refractivity contribution is 0.120. The molecular formula is C20H27FN4O. The predicted molar refractivity (Wildman–Crippen MR) is 100 cm³/mol. The van der Waals surface area contributed by atoms with Gasteiger partial charge in [0.25, 0.3) is 0 Å². The minimum absolute atomic E-state index is 0.115. The first-order valence-electron chi connectivity index (χ1n) is 9.36. The number of amides is 2. The van der Waals surface area contributed by atoms with Crippen LogP contribution in [0.15, 0.2) is 24.3 Å². The number of urea groups is 1. The van der Waals surface area contributed by atoms with Gasteiger partial charge in [-0.05, 0) is 43.0 Å². The fraction of sp³-hybridized carbons (Fsp3) is 0.550. The normalized spacial score (nSPS) is 23.5. The molecule has 4 heterocycles. The summed E-state index contributed by atoms with van der Waals surface area (Å²) >= 11 is 0. The lowest BCUT2D eigenvalue weighted by Crippen LogP contribution is -2.45. The summed E-state index contributed by atoms with van der Waals surface area (Å²) in [7, 11) is 5.69. The highest BCUT2D eigenvalue weighted by atomic mass is 19.1. The molecule has 26 heavy (non-hydrogen) atoms. The van der Waals surface area contributed by atoms with Gasteiger partial charge in [0.2, 0.25) is 0 Å². The van der Waals surface area contributed by atoms with E-state index in [0.717, 1.165) is 43.5 Å². The van der Waals surface area contributed by atoms with Crippen molar-refractivity contribution in [2.75, 3.05) is 33.7 Å². The van der Waals surface area contributed by atoms with Crippen LogP contribution in [0.5, 0.6) is 0 Å². The number of benzene rings is 1. The molecule has 5 rings (SSSR count). The van der Waals surface area contributed by atoms with Crippen molar-refractivity contribution in [2.45, 2.75) is 25.4 Å². The van der Waals surface area contributed by atoms with Gasteiger partial charge in [-0.15, -0.1) is 0 Å². The summed E-state index contributed by atoms with van der Waals surface area (Å²) in [6.07, 6.45) is 2.33. The second kappa shape index (κ2) is 6.58. The Labute approximate surface area is 154 Å². The SMILES string of the molecule is CN(C)C(=O)N1C[C@H]2CC[C@@H](C1)N(Cc1cc3cc(F)ccc3n1C)C2. The van der Waals surface area contributed by atoms with Crippen LogP contribution in [-0.2, 0) is 13.6 Å². The molecule has 3 aliphatic rings. The predicted octanol–water partition coefficient (Wildman–Crippen LogP) is 2.90. The van der Waals surface area contributed by atoms with E-state index < -0.39 is 0 Å². The molecule has 3 fully saturated rings. The Hall–Kier alpha value is -2.08. The van der Waals surface area contributed by atoms with Crippen LogP contribution in [0.25, 0.3) is 10.9 Å². The van der Waals surface area contributed by atoms with Crippen molar-refractivity contribution in [2.24, 2.45) is 13.0 Å². The first-order chi connectivity index (χ1) is 12.4. The number of carbonyl (C=O) groups is 1. The quantitative estimate of drug-likeness (QED) is 0.827. The molecule has 2 atom stereocenters. The van der Waals surface area contributed by atoms with Gasteiger partial charge in [0, 0.05) is 70.0 Å². The van der Waals surface area contributed by atoms with Crippen LogP contribution in [0.2, 0.25) is 0 Å². The van der Waals surface area contributed by atoms with Crippen LogP contribution in [0.4, 0.5) is 9.18 Å². The molecular weight excluding hydrogens is 331 g/mol. The zero-order valence-corrected chi connectivity index (χ0v) is 15.8. The van der Waals surface area contributed by atoms with E-state index in [1.165, 1.54) is 18.2 Å². The lowest BCUT2D eigenvalue weighted by Gasteiger charge is -2.36. The van der Waals surface area contributed by atoms with Crippen molar-refractivity contribution in [1.82, 2.24) is 19.3 Å². The molecule has 1 aromatic carbocycles. The van der Waals surface area contributed by atoms with Gasteiger partial charge >= 0.3 is 6.03 Å². The minimum atomic E-state index is -0.193. The summed E-state index contributed by atoms with van der Waals surface area (Å²) in [5, 5.41) is 0.951. The van der Waals surface area contributed by atoms with Gasteiger partial charge in [0.15, 0.2) is 0 Å². The molecule has 2 amide bonds. The third-order valence-corrected chi connectivity index (χ3v) is 5.95. The van der Waals surface area contributed by atoms with Gasteiger partial charge in [0.05, 0.1) is 0 Å². The number of carbonyl (C=O) groups excluding carboxylic acids is 1. The van der Waals surface area contributed by atoms with Crippen molar-refractivity contribution in [3.05, 3.63) is 35.8 Å². The third kappa shape index (κ3) is 3.07. The molecule has 0 N–H and O–H groups in total. The summed E-state index contributed by atoms with van der Waals surface area (Å²) in [4.78, 5) is 18.6. The highest BCUT2D eigenvalue weighted by Crippen LogP contribution is 2.30. The highest BCUT2D eigenvalue weighted by molar-refractivity contribution is 5.81. The summed E-state index contributed by atoms with van der Waals surface area (Å²) in [6, 6.07) is 7.58. The summed E-state index contributed by atoms with van der Waals surface area (Å²) in [5.74, 6) is 0.339. The molecule has 2 bridgehead atoms. The van der Waals surface area contributed by atoms with Gasteiger partial charge in [-0.25, -0.2) is 9.18 Å². The maximum atomic E-state index is 13.5. The van der Waals surface area contributed by atoms with Gasteiger partial charge in [0.1, 0.15) is 5.82 Å². The Kier molecular flexibility index (Phi) is 4.39. The Bertz CT molecular complexity index is 831. The van der Waals surface area contributed by atoms with Crippen molar-refractivity contribution in [3.8, 4) is 0 Å². The van der Waals surface area contributed by atoms with Crippen LogP contribution < -0.4 is 0 Å². The molecule has 0 unspecified atom stereocenters. The minimum Gasteiger partial charge on any atom is -0.346 e. The number of aryl methyl sites for hydroxylation is 1. The van der Waals surface area contributed by atoms with Crippen LogP contribution in [0.3, 0.4) is 0 Å². The summed E-state index contributed by atoms with van der Waals surface area (Å²) in [6.45, 7) is 3.52. The van der Waals surface area contributed by atoms with Gasteiger partial charge < -0.3 is 14.4 Å². The second-order valence-electron chi connectivity index (χ2n) is 8.01. The average molecular weight is 358 g/mol. The van der Waals surface area contributed by atoms with E-state index in [4.69, 9.17) is 0 Å². The van der Waals surface area contributed by atoms with Gasteiger partial charge in [-0.2, -0.15) is 0 Å². The Morgan fingerprint density at radius 2 is 2.00 bits per heavy atom. The van der Waals surface area contributed by atoms with E-state index in [1.54, 1.807) is 11.0 Å². The number of hydrogen-bond donors (Lipinski definition) is 0. The molecule has 1 aromatic heterocycles. The topological polar surface area (TPSA) is 31.7 Å². The smallest absolute Gasteiger partial charge is 0.319 e. The fourth-order valence-corrected chi connectivity index (χ4v) is 4.55. The van der Waals surface area contributed by atoms with E-state index in [-0.39, 0.29) is 11.8 Å². The Morgan fingerprint density at radius 1 is 1.19 bits per heavy atom. The number of nitrogens with zero attached hydrogens (tertiary/aromatic N) is 4. The first-order valence-corrected chi connectivity index (χ1v) is 9.36. The lowest BCUT2D eigenvalue weighted by atomic mass is 9.95. The molecule has 6 heteroatoms. The van der Waals surface area contributed by atoms with Crippen molar-refractivity contribution in [1.29, 1.82) is 0 Å². The van der Waals surface area contributed by atoms with E-state index >= 15 is 0 Å². The number of aromatic nitrogens is 1. The van der Waals surface area contributed by atoms with E-state index in [0.29, 0.717) is 12.0 Å². The fourth-order valence-electron chi connectivity index (χ4n) is 4.55. The molecule has 0 radical (unpaired) electrons. The monoisotopic (exact) mass is 358 g/mol. The van der Waals surface area contributed by atoms with E-state index in [9.17, 15) is 9.18 Å². The number of hydrogen-bond acceptors (Lipinski definition) is 2. The molecule has 3 saturated heterocycles. The van der Waals surface area contributed by atoms with Crippen LogP contribution in [0.1, 0.15) is 18.5 Å². The molecule has 0 saturated carbocycles. The number of rotatable bonds is 2. The standard InChI is InChI=1S/C20H27FN4O/c1-22(2)20(26)25-11-14-4-6-17(12-25)24(10-14)13-18-9-15-8-16(21)5-7-19(15)23(18)3/h5,7-9,14,17H,4,6,10-13H2,1-3H3/t14-,17-/m0/s1. The van der Waals surface area contributed by atoms with Crippen molar-refractivity contribution >= 4 is 16.9 Å². The molecule has 2 aromatic rings. The van der Waals surface area contributed by atoms with Crippen molar-refractivity contribution in [3.63, 3.8) is 0 Å². The number of fused-ring (bicyclic) bond motifs is 5. The zero-order chi connectivity index (χ0) is 18.4. The third-order valence-electron chi connectivity index (χ3n) is 5.95. The summed E-state index contributed by atoms with van der Waals surface area (Å²) < 4.78 is 15.7. The van der Waals surface area contributed by atoms with Crippen LogP contribution >= 0.6 is 0 Å². The van der Waals surface area contributed by atoms with E-state index in [2.05, 4.69) is 15.5 Å². The van der Waals surface area contributed by atoms with Crippen LogP contribution in [-0.4, -0.2) is 65.1 Å².